The molecular weight excluding hydrogens is 277 g/mol. The summed E-state index contributed by atoms with van der Waals surface area (Å²) in [6.07, 6.45) is -5.96. The lowest BCUT2D eigenvalue weighted by Crippen LogP contribution is -2.24. The molecule has 0 saturated heterocycles. The highest BCUT2D eigenvalue weighted by Crippen LogP contribution is 2.36. The van der Waals surface area contributed by atoms with Crippen molar-refractivity contribution in [3.05, 3.63) is 16.4 Å². The van der Waals surface area contributed by atoms with Crippen LogP contribution in [0.2, 0.25) is 0 Å². The maximum atomic E-state index is 12.3. The molecule has 0 amide bonds. The van der Waals surface area contributed by atoms with Crippen LogP contribution in [0.1, 0.15) is 31.7 Å². The van der Waals surface area contributed by atoms with Gasteiger partial charge in [-0.3, -0.25) is 4.68 Å². The maximum absolute atomic E-state index is 12.3. The van der Waals surface area contributed by atoms with Gasteiger partial charge in [0, 0.05) is 6.04 Å². The minimum atomic E-state index is -4.69. The molecule has 0 radical (unpaired) electrons. The molecule has 0 aliphatic heterocycles. The van der Waals surface area contributed by atoms with Crippen LogP contribution in [0.15, 0.2) is 10.7 Å². The number of aliphatic hydroxyl groups excluding tert-OH is 1. The monoisotopic (exact) mass is 286 g/mol. The SMILES string of the molecule is CC(C)n1ncc(Br)c1[C@H](O)C(F)(F)F. The Morgan fingerprint density at radius 3 is 2.40 bits per heavy atom. The zero-order chi connectivity index (χ0) is 11.8. The number of hydrogen-bond donors (Lipinski definition) is 1. The number of halogens is 4. The molecule has 1 N–H and O–H groups in total. The summed E-state index contributed by atoms with van der Waals surface area (Å²) in [6.45, 7) is 3.37. The number of hydrogen-bond acceptors (Lipinski definition) is 2. The minimum absolute atomic E-state index is 0.154. The largest absolute Gasteiger partial charge is 0.420 e. The van der Waals surface area contributed by atoms with Gasteiger partial charge in [0.25, 0.3) is 0 Å². The summed E-state index contributed by atoms with van der Waals surface area (Å²) in [5.41, 5.74) is -0.266. The number of alkyl halides is 3. The summed E-state index contributed by atoms with van der Waals surface area (Å²) in [7, 11) is 0. The van der Waals surface area contributed by atoms with Gasteiger partial charge in [-0.05, 0) is 29.8 Å². The van der Waals surface area contributed by atoms with E-state index in [4.69, 9.17) is 5.11 Å². The first-order valence-electron chi connectivity index (χ1n) is 4.22. The van der Waals surface area contributed by atoms with Crippen molar-refractivity contribution < 1.29 is 18.3 Å². The third-order valence-corrected chi connectivity index (χ3v) is 2.46. The fourth-order valence-corrected chi connectivity index (χ4v) is 1.66. The Hall–Kier alpha value is -0.560. The van der Waals surface area contributed by atoms with Gasteiger partial charge in [-0.15, -0.1) is 0 Å². The lowest BCUT2D eigenvalue weighted by Gasteiger charge is -2.18. The van der Waals surface area contributed by atoms with E-state index in [-0.39, 0.29) is 16.2 Å². The van der Waals surface area contributed by atoms with Gasteiger partial charge in [-0.2, -0.15) is 18.3 Å². The molecule has 0 bridgehead atoms. The fourth-order valence-electron chi connectivity index (χ4n) is 1.17. The summed E-state index contributed by atoms with van der Waals surface area (Å²) in [4.78, 5) is 0. The van der Waals surface area contributed by atoms with Crippen molar-refractivity contribution in [1.82, 2.24) is 9.78 Å². The molecule has 0 unspecified atom stereocenters. The standard InChI is InChI=1S/C8H10BrF3N2O/c1-4(2)14-6(5(9)3-13-14)7(15)8(10,11)12/h3-4,7,15H,1-2H3/t7-/m0/s1. The van der Waals surface area contributed by atoms with Gasteiger partial charge >= 0.3 is 6.18 Å². The van der Waals surface area contributed by atoms with Gasteiger partial charge in [0.1, 0.15) is 0 Å². The lowest BCUT2D eigenvalue weighted by atomic mass is 10.2. The van der Waals surface area contributed by atoms with Gasteiger partial charge in [0.15, 0.2) is 6.10 Å². The van der Waals surface area contributed by atoms with Crippen molar-refractivity contribution >= 4 is 15.9 Å². The van der Waals surface area contributed by atoms with E-state index < -0.39 is 12.3 Å². The summed E-state index contributed by atoms with van der Waals surface area (Å²) in [6, 6.07) is -0.247. The molecule has 15 heavy (non-hydrogen) atoms. The molecular formula is C8H10BrF3N2O. The molecule has 0 aliphatic carbocycles. The van der Waals surface area contributed by atoms with Crippen LogP contribution in [0.4, 0.5) is 13.2 Å². The van der Waals surface area contributed by atoms with Crippen LogP contribution in [-0.4, -0.2) is 21.1 Å². The average molecular weight is 287 g/mol. The van der Waals surface area contributed by atoms with Crippen molar-refractivity contribution in [1.29, 1.82) is 0 Å². The molecule has 1 aromatic heterocycles. The van der Waals surface area contributed by atoms with E-state index in [1.807, 2.05) is 0 Å². The molecule has 0 spiro atoms. The van der Waals surface area contributed by atoms with Crippen LogP contribution >= 0.6 is 15.9 Å². The van der Waals surface area contributed by atoms with Gasteiger partial charge in [0.2, 0.25) is 0 Å². The molecule has 0 fully saturated rings. The van der Waals surface area contributed by atoms with Crippen molar-refractivity contribution in [2.24, 2.45) is 0 Å². The highest BCUT2D eigenvalue weighted by Gasteiger charge is 2.42. The Kier molecular flexibility index (Phi) is 3.44. The molecule has 0 aliphatic rings. The van der Waals surface area contributed by atoms with Crippen LogP contribution in [0.3, 0.4) is 0 Å². The predicted molar refractivity (Wildman–Crippen MR) is 51.3 cm³/mol. The van der Waals surface area contributed by atoms with Crippen molar-refractivity contribution in [2.45, 2.75) is 32.2 Å². The molecule has 86 valence electrons. The van der Waals surface area contributed by atoms with Crippen LogP contribution in [0.5, 0.6) is 0 Å². The van der Waals surface area contributed by atoms with E-state index in [1.165, 1.54) is 6.20 Å². The molecule has 1 aromatic rings. The summed E-state index contributed by atoms with van der Waals surface area (Å²) in [5, 5.41) is 12.9. The van der Waals surface area contributed by atoms with Crippen LogP contribution in [0, 0.1) is 0 Å². The molecule has 1 heterocycles. The third-order valence-electron chi connectivity index (χ3n) is 1.85. The van der Waals surface area contributed by atoms with Crippen LogP contribution in [-0.2, 0) is 0 Å². The van der Waals surface area contributed by atoms with E-state index in [9.17, 15) is 13.2 Å². The predicted octanol–water partition coefficient (Wildman–Crippen LogP) is 2.82. The number of aliphatic hydroxyl groups is 1. The Morgan fingerprint density at radius 2 is 2.00 bits per heavy atom. The first-order chi connectivity index (χ1) is 6.75. The quantitative estimate of drug-likeness (QED) is 0.908. The van der Waals surface area contributed by atoms with Gasteiger partial charge in [-0.1, -0.05) is 0 Å². The Balaban J connectivity index is 3.18. The fraction of sp³-hybridized carbons (Fsp3) is 0.625. The Morgan fingerprint density at radius 1 is 1.47 bits per heavy atom. The smallest absolute Gasteiger partial charge is 0.378 e. The first-order valence-corrected chi connectivity index (χ1v) is 5.02. The average Bonchev–Trinajstić information content (AvgIpc) is 2.44. The molecule has 1 rings (SSSR count). The normalized spacial score (nSPS) is 14.7. The second-order valence-electron chi connectivity index (χ2n) is 3.36. The second kappa shape index (κ2) is 4.13. The van der Waals surface area contributed by atoms with Crippen molar-refractivity contribution in [2.75, 3.05) is 0 Å². The molecule has 0 saturated carbocycles. The lowest BCUT2D eigenvalue weighted by molar-refractivity contribution is -0.209. The summed E-state index contributed by atoms with van der Waals surface area (Å²) < 4.78 is 38.3. The van der Waals surface area contributed by atoms with Gasteiger partial charge in [0.05, 0.1) is 16.4 Å². The number of aromatic nitrogens is 2. The maximum Gasteiger partial charge on any atom is 0.420 e. The van der Waals surface area contributed by atoms with Crippen LogP contribution < -0.4 is 0 Å². The zero-order valence-corrected chi connectivity index (χ0v) is 9.67. The van der Waals surface area contributed by atoms with E-state index in [1.54, 1.807) is 13.8 Å². The number of rotatable bonds is 2. The zero-order valence-electron chi connectivity index (χ0n) is 8.09. The molecule has 3 nitrogen and oxygen atoms in total. The summed E-state index contributed by atoms with van der Waals surface area (Å²) in [5.74, 6) is 0. The first kappa shape index (κ1) is 12.5. The second-order valence-corrected chi connectivity index (χ2v) is 4.21. The Labute approximate surface area is 93.0 Å². The van der Waals surface area contributed by atoms with Gasteiger partial charge < -0.3 is 5.11 Å². The van der Waals surface area contributed by atoms with Crippen molar-refractivity contribution in [3.8, 4) is 0 Å². The molecule has 7 heteroatoms. The third kappa shape index (κ3) is 2.52. The highest BCUT2D eigenvalue weighted by molar-refractivity contribution is 9.10. The van der Waals surface area contributed by atoms with Gasteiger partial charge in [-0.25, -0.2) is 0 Å². The van der Waals surface area contributed by atoms with E-state index in [0.29, 0.717) is 0 Å². The molecule has 0 aromatic carbocycles. The topological polar surface area (TPSA) is 38.0 Å². The highest BCUT2D eigenvalue weighted by atomic mass is 79.9. The van der Waals surface area contributed by atoms with E-state index in [2.05, 4.69) is 21.0 Å². The summed E-state index contributed by atoms with van der Waals surface area (Å²) >= 11 is 2.94. The van der Waals surface area contributed by atoms with Crippen molar-refractivity contribution in [3.63, 3.8) is 0 Å². The van der Waals surface area contributed by atoms with Crippen LogP contribution in [0.25, 0.3) is 0 Å². The number of nitrogens with zero attached hydrogens (tertiary/aromatic N) is 2. The Bertz CT molecular complexity index is 348. The minimum Gasteiger partial charge on any atom is -0.378 e. The molecule has 1 atom stereocenters. The van der Waals surface area contributed by atoms with E-state index >= 15 is 0 Å². The van der Waals surface area contributed by atoms with E-state index in [0.717, 1.165) is 4.68 Å².